The number of alkyl halides is 3. The molecule has 2 heterocycles. The minimum atomic E-state index is -4.49. The molecule has 0 bridgehead atoms. The second kappa shape index (κ2) is 8.30. The van der Waals surface area contributed by atoms with Crippen LogP contribution in [0.5, 0.6) is 0 Å². The van der Waals surface area contributed by atoms with Crippen molar-refractivity contribution in [3.63, 3.8) is 0 Å². The molecule has 30 heavy (non-hydrogen) atoms. The fourth-order valence-electron chi connectivity index (χ4n) is 3.90. The summed E-state index contributed by atoms with van der Waals surface area (Å²) in [5, 5.41) is 0. The van der Waals surface area contributed by atoms with Gasteiger partial charge in [-0.2, -0.15) is 13.2 Å². The molecule has 0 unspecified atom stereocenters. The van der Waals surface area contributed by atoms with Crippen LogP contribution < -0.4 is 0 Å². The van der Waals surface area contributed by atoms with E-state index < -0.39 is 39.4 Å². The average Bonchev–Trinajstić information content (AvgIpc) is 3.21. The van der Waals surface area contributed by atoms with Crippen LogP contribution in [0.25, 0.3) is 0 Å². The molecule has 10 heteroatoms. The third-order valence-electron chi connectivity index (χ3n) is 5.39. The smallest absolute Gasteiger partial charge is 0.338 e. The van der Waals surface area contributed by atoms with Crippen LogP contribution in [-0.2, 0) is 32.1 Å². The van der Waals surface area contributed by atoms with Crippen LogP contribution in [0.4, 0.5) is 13.2 Å². The van der Waals surface area contributed by atoms with Crippen molar-refractivity contribution in [1.29, 1.82) is 0 Å². The zero-order valence-electron chi connectivity index (χ0n) is 16.1. The molecule has 2 fully saturated rings. The van der Waals surface area contributed by atoms with Gasteiger partial charge in [0, 0.05) is 25.6 Å². The Balaban J connectivity index is 1.70. The molecule has 0 spiro atoms. The topological polar surface area (TPSA) is 74.8 Å². The largest absolute Gasteiger partial charge is 0.416 e. The van der Waals surface area contributed by atoms with Crippen molar-refractivity contribution < 1.29 is 31.2 Å². The first kappa shape index (κ1) is 22.2. The SMILES string of the molecule is C#CCN(C(=O)[C@@H]1CC(=O)N(Cc2cccc(C(F)(F)F)c2)C1)[C@@H]1CCS(=O)(=O)C1. The van der Waals surface area contributed by atoms with E-state index in [2.05, 4.69) is 5.92 Å². The van der Waals surface area contributed by atoms with Crippen LogP contribution >= 0.6 is 0 Å². The maximum absolute atomic E-state index is 13.0. The van der Waals surface area contributed by atoms with Gasteiger partial charge in [-0.1, -0.05) is 18.1 Å². The number of rotatable bonds is 5. The van der Waals surface area contributed by atoms with E-state index in [0.29, 0.717) is 12.0 Å². The predicted molar refractivity (Wildman–Crippen MR) is 103 cm³/mol. The van der Waals surface area contributed by atoms with E-state index in [0.717, 1.165) is 12.1 Å². The Morgan fingerprint density at radius 1 is 1.33 bits per heavy atom. The summed E-state index contributed by atoms with van der Waals surface area (Å²) < 4.78 is 62.2. The lowest BCUT2D eigenvalue weighted by atomic mass is 10.1. The number of carbonyl (C=O) groups is 2. The van der Waals surface area contributed by atoms with Crippen LogP contribution in [0.15, 0.2) is 24.3 Å². The summed E-state index contributed by atoms with van der Waals surface area (Å²) in [6.07, 6.45) is 1.07. The summed E-state index contributed by atoms with van der Waals surface area (Å²) in [5.74, 6) is 0.746. The van der Waals surface area contributed by atoms with E-state index in [4.69, 9.17) is 6.42 Å². The summed E-state index contributed by atoms with van der Waals surface area (Å²) in [4.78, 5) is 28.0. The van der Waals surface area contributed by atoms with Gasteiger partial charge in [-0.05, 0) is 24.1 Å². The maximum Gasteiger partial charge on any atom is 0.416 e. The number of halogens is 3. The Kier molecular flexibility index (Phi) is 6.13. The molecule has 2 amide bonds. The molecule has 2 atom stereocenters. The number of sulfone groups is 1. The van der Waals surface area contributed by atoms with Crippen molar-refractivity contribution in [1.82, 2.24) is 9.80 Å². The first-order valence-corrected chi connectivity index (χ1v) is 11.2. The van der Waals surface area contributed by atoms with Gasteiger partial charge < -0.3 is 9.80 Å². The van der Waals surface area contributed by atoms with E-state index in [-0.39, 0.29) is 43.5 Å². The lowest BCUT2D eigenvalue weighted by Gasteiger charge is -2.28. The standard InChI is InChI=1S/C20H21F3N2O4S/c1-2-7-25(17-6-8-30(28,29)13-17)19(27)15-10-18(26)24(12-15)11-14-4-3-5-16(9-14)20(21,22)23/h1,3-5,9,15,17H,6-8,10-13H2/t15-,17-/m1/s1. The van der Waals surface area contributed by atoms with Crippen LogP contribution in [0, 0.1) is 18.3 Å². The summed E-state index contributed by atoms with van der Waals surface area (Å²) >= 11 is 0. The highest BCUT2D eigenvalue weighted by Gasteiger charge is 2.41. The van der Waals surface area contributed by atoms with Crippen LogP contribution in [0.1, 0.15) is 24.0 Å². The number of hydrogen-bond donors (Lipinski definition) is 0. The van der Waals surface area contributed by atoms with E-state index in [1.807, 2.05) is 0 Å². The molecule has 1 aromatic rings. The normalized spacial score (nSPS) is 23.4. The van der Waals surface area contributed by atoms with E-state index in [9.17, 15) is 31.2 Å². The number of likely N-dealkylation sites (tertiary alicyclic amines) is 1. The van der Waals surface area contributed by atoms with Crippen molar-refractivity contribution in [2.75, 3.05) is 24.6 Å². The highest BCUT2D eigenvalue weighted by molar-refractivity contribution is 7.91. The molecule has 1 aromatic carbocycles. The van der Waals surface area contributed by atoms with Gasteiger partial charge in [-0.25, -0.2) is 8.42 Å². The molecule has 0 saturated carbocycles. The third-order valence-corrected chi connectivity index (χ3v) is 7.14. The van der Waals surface area contributed by atoms with Gasteiger partial charge in [-0.3, -0.25) is 9.59 Å². The van der Waals surface area contributed by atoms with E-state index in [1.54, 1.807) is 0 Å². The van der Waals surface area contributed by atoms with Crippen molar-refractivity contribution >= 4 is 21.7 Å². The van der Waals surface area contributed by atoms with Gasteiger partial charge in [0.1, 0.15) is 0 Å². The summed E-state index contributed by atoms with van der Waals surface area (Å²) in [6.45, 7) is -0.0503. The third kappa shape index (κ3) is 4.95. The van der Waals surface area contributed by atoms with E-state index >= 15 is 0 Å². The molecule has 0 N–H and O–H groups in total. The molecule has 2 aliphatic rings. The molecule has 0 aliphatic carbocycles. The Morgan fingerprint density at radius 2 is 2.07 bits per heavy atom. The second-order valence-corrected chi connectivity index (χ2v) is 9.83. The number of nitrogens with zero attached hydrogens (tertiary/aromatic N) is 2. The number of benzene rings is 1. The lowest BCUT2D eigenvalue weighted by Crippen LogP contribution is -2.45. The Bertz CT molecular complexity index is 985. The van der Waals surface area contributed by atoms with Crippen molar-refractivity contribution in [2.24, 2.45) is 5.92 Å². The monoisotopic (exact) mass is 442 g/mol. The highest BCUT2D eigenvalue weighted by Crippen LogP contribution is 2.31. The van der Waals surface area contributed by atoms with E-state index in [1.165, 1.54) is 21.9 Å². The van der Waals surface area contributed by atoms with Crippen LogP contribution in [0.3, 0.4) is 0 Å². The molecule has 162 valence electrons. The molecular formula is C20H21F3N2O4S. The highest BCUT2D eigenvalue weighted by atomic mass is 32.2. The van der Waals surface area contributed by atoms with Crippen LogP contribution in [0.2, 0.25) is 0 Å². The average molecular weight is 442 g/mol. The predicted octanol–water partition coefficient (Wildman–Crippen LogP) is 1.70. The minimum Gasteiger partial charge on any atom is -0.338 e. The Hall–Kier alpha value is -2.54. The zero-order valence-corrected chi connectivity index (χ0v) is 16.9. The first-order chi connectivity index (χ1) is 14.0. The number of hydrogen-bond acceptors (Lipinski definition) is 4. The zero-order chi connectivity index (χ0) is 22.1. The second-order valence-electron chi connectivity index (χ2n) is 7.60. The Morgan fingerprint density at radius 3 is 2.67 bits per heavy atom. The summed E-state index contributed by atoms with van der Waals surface area (Å²) in [5.41, 5.74) is -0.490. The van der Waals surface area contributed by atoms with Gasteiger partial charge >= 0.3 is 6.18 Å². The molecule has 6 nitrogen and oxygen atoms in total. The first-order valence-electron chi connectivity index (χ1n) is 9.38. The minimum absolute atomic E-state index is 0.0166. The quantitative estimate of drug-likeness (QED) is 0.651. The lowest BCUT2D eigenvalue weighted by molar-refractivity contribution is -0.138. The van der Waals surface area contributed by atoms with Crippen LogP contribution in [-0.4, -0.2) is 60.7 Å². The van der Waals surface area contributed by atoms with Gasteiger partial charge in [0.2, 0.25) is 11.8 Å². The van der Waals surface area contributed by atoms with Crippen molar-refractivity contribution in [3.05, 3.63) is 35.4 Å². The van der Waals surface area contributed by atoms with Gasteiger partial charge in [0.15, 0.2) is 9.84 Å². The van der Waals surface area contributed by atoms with Gasteiger partial charge in [0.05, 0.1) is 29.5 Å². The number of carbonyl (C=O) groups excluding carboxylic acids is 2. The molecule has 0 radical (unpaired) electrons. The number of amides is 2. The molecular weight excluding hydrogens is 421 g/mol. The van der Waals surface area contributed by atoms with Crippen molar-refractivity contribution in [3.8, 4) is 12.3 Å². The molecule has 2 saturated heterocycles. The number of terminal acetylenes is 1. The summed E-state index contributed by atoms with van der Waals surface area (Å²) in [7, 11) is -3.23. The van der Waals surface area contributed by atoms with Crippen molar-refractivity contribution in [2.45, 2.75) is 31.6 Å². The molecule has 0 aromatic heterocycles. The summed E-state index contributed by atoms with van der Waals surface area (Å²) in [6, 6.07) is 4.18. The fraction of sp³-hybridized carbons (Fsp3) is 0.500. The Labute approximate surface area is 172 Å². The molecule has 2 aliphatic heterocycles. The molecule has 3 rings (SSSR count). The van der Waals surface area contributed by atoms with Gasteiger partial charge in [0.25, 0.3) is 0 Å². The van der Waals surface area contributed by atoms with Gasteiger partial charge in [-0.15, -0.1) is 6.42 Å². The maximum atomic E-state index is 13.0. The fourth-order valence-corrected chi connectivity index (χ4v) is 5.63.